The summed E-state index contributed by atoms with van der Waals surface area (Å²) in [5.74, 6) is 0.155. The van der Waals surface area contributed by atoms with Gasteiger partial charge in [0, 0.05) is 25.6 Å². The molecule has 1 aliphatic carbocycles. The number of carbonyl (C=O) groups excluding carboxylic acids is 2. The number of hydrogen-bond acceptors (Lipinski definition) is 5. The lowest BCUT2D eigenvalue weighted by Gasteiger charge is -2.31. The van der Waals surface area contributed by atoms with Crippen LogP contribution in [0.25, 0.3) is 0 Å². The number of carbonyl (C=O) groups is 2. The second-order valence-electron chi connectivity index (χ2n) is 9.93. The van der Waals surface area contributed by atoms with Crippen LogP contribution in [0.2, 0.25) is 10.0 Å². The number of halogens is 2. The SMILES string of the molecule is COc1ccc(N(CCCC(=O)N(Cc2ccc(Cl)c(Cl)c2)[C@@H](C)C(=O)NC2CCCCC2)S(C)(=O)=O)cc1. The molecule has 2 amide bonds. The van der Waals surface area contributed by atoms with E-state index >= 15 is 0 Å². The van der Waals surface area contributed by atoms with Crippen LogP contribution >= 0.6 is 23.2 Å². The van der Waals surface area contributed by atoms with Gasteiger partial charge >= 0.3 is 0 Å². The number of hydrogen-bond donors (Lipinski definition) is 1. The molecule has 1 saturated carbocycles. The lowest BCUT2D eigenvalue weighted by Crippen LogP contribution is -2.50. The molecule has 1 fully saturated rings. The summed E-state index contributed by atoms with van der Waals surface area (Å²) in [6.07, 6.45) is 6.67. The Labute approximate surface area is 241 Å². The number of nitrogens with zero attached hydrogens (tertiary/aromatic N) is 2. The molecular weight excluding hydrogens is 561 g/mol. The summed E-state index contributed by atoms with van der Waals surface area (Å²) in [5, 5.41) is 3.88. The summed E-state index contributed by atoms with van der Waals surface area (Å²) in [4.78, 5) is 28.2. The Balaban J connectivity index is 1.73. The van der Waals surface area contributed by atoms with Crippen molar-refractivity contribution in [1.82, 2.24) is 10.2 Å². The highest BCUT2D eigenvalue weighted by atomic mass is 35.5. The average Bonchev–Trinajstić information content (AvgIpc) is 2.91. The van der Waals surface area contributed by atoms with Gasteiger partial charge in [0.15, 0.2) is 0 Å². The monoisotopic (exact) mass is 597 g/mol. The van der Waals surface area contributed by atoms with Gasteiger partial charge < -0.3 is 15.0 Å². The predicted molar refractivity (Wildman–Crippen MR) is 156 cm³/mol. The summed E-state index contributed by atoms with van der Waals surface area (Å²) < 4.78 is 31.4. The zero-order valence-corrected chi connectivity index (χ0v) is 25.0. The van der Waals surface area contributed by atoms with Crippen molar-refractivity contribution in [3.8, 4) is 5.75 Å². The van der Waals surface area contributed by atoms with Crippen molar-refractivity contribution in [2.75, 3.05) is 24.2 Å². The standard InChI is InChI=1S/C28H37Cl2N3O5S/c1-20(28(35)31-22-8-5-4-6-9-22)32(19-21-11-16-25(29)26(30)18-21)27(34)10-7-17-33(39(3,36)37)23-12-14-24(38-2)15-13-23/h11-16,18,20,22H,4-10,17,19H2,1-3H3,(H,31,35)/t20-/m0/s1. The molecule has 2 aromatic carbocycles. The first kappa shape index (κ1) is 31.0. The third-order valence-corrected chi connectivity index (χ3v) is 8.90. The van der Waals surface area contributed by atoms with Crippen LogP contribution in [-0.4, -0.2) is 57.1 Å². The summed E-state index contributed by atoms with van der Waals surface area (Å²) in [5.41, 5.74) is 1.23. The lowest BCUT2D eigenvalue weighted by atomic mass is 9.95. The third kappa shape index (κ3) is 9.01. The summed E-state index contributed by atoms with van der Waals surface area (Å²) in [6, 6.07) is 11.2. The summed E-state index contributed by atoms with van der Waals surface area (Å²) in [6.45, 7) is 2.00. The molecule has 0 radical (unpaired) electrons. The van der Waals surface area contributed by atoms with Crippen LogP contribution in [0.1, 0.15) is 57.4 Å². The second-order valence-corrected chi connectivity index (χ2v) is 12.6. The number of nitrogens with one attached hydrogen (secondary N) is 1. The van der Waals surface area contributed by atoms with Gasteiger partial charge in [-0.1, -0.05) is 48.5 Å². The van der Waals surface area contributed by atoms with E-state index in [2.05, 4.69) is 5.32 Å². The number of benzene rings is 2. The average molecular weight is 599 g/mol. The van der Waals surface area contributed by atoms with Crippen LogP contribution in [0.4, 0.5) is 5.69 Å². The summed E-state index contributed by atoms with van der Waals surface area (Å²) >= 11 is 12.3. The lowest BCUT2D eigenvalue weighted by molar-refractivity contribution is -0.141. The first-order chi connectivity index (χ1) is 18.5. The molecule has 0 spiro atoms. The van der Waals surface area contributed by atoms with Crippen molar-refractivity contribution in [3.63, 3.8) is 0 Å². The molecule has 0 heterocycles. The van der Waals surface area contributed by atoms with Crippen LogP contribution in [0.3, 0.4) is 0 Å². The van der Waals surface area contributed by atoms with Crippen molar-refractivity contribution in [2.45, 2.75) is 70.5 Å². The third-order valence-electron chi connectivity index (χ3n) is 6.97. The molecule has 1 atom stereocenters. The Kier molecular flexibility index (Phi) is 11.3. The molecule has 0 aromatic heterocycles. The van der Waals surface area contributed by atoms with Crippen molar-refractivity contribution in [2.24, 2.45) is 0 Å². The molecule has 11 heteroatoms. The van der Waals surface area contributed by atoms with Gasteiger partial charge in [0.2, 0.25) is 21.8 Å². The van der Waals surface area contributed by atoms with Crippen molar-refractivity contribution >= 4 is 50.7 Å². The number of methoxy groups -OCH3 is 1. The largest absolute Gasteiger partial charge is 0.497 e. The molecule has 3 rings (SSSR count). The molecular formula is C28H37Cl2N3O5S. The number of rotatable bonds is 12. The highest BCUT2D eigenvalue weighted by molar-refractivity contribution is 7.92. The predicted octanol–water partition coefficient (Wildman–Crippen LogP) is 5.41. The van der Waals surface area contributed by atoms with E-state index in [1.54, 1.807) is 49.4 Å². The Bertz CT molecular complexity index is 1230. The minimum Gasteiger partial charge on any atom is -0.497 e. The minimum atomic E-state index is -3.58. The van der Waals surface area contributed by atoms with E-state index in [1.807, 2.05) is 0 Å². The molecule has 1 N–H and O–H groups in total. The zero-order chi connectivity index (χ0) is 28.6. The van der Waals surface area contributed by atoms with E-state index in [0.717, 1.165) is 37.5 Å². The molecule has 214 valence electrons. The normalized spacial score (nSPS) is 14.9. The first-order valence-corrected chi connectivity index (χ1v) is 15.8. The van der Waals surface area contributed by atoms with Crippen LogP contribution in [0.15, 0.2) is 42.5 Å². The smallest absolute Gasteiger partial charge is 0.242 e. The van der Waals surface area contributed by atoms with Crippen molar-refractivity contribution in [1.29, 1.82) is 0 Å². The van der Waals surface area contributed by atoms with Gasteiger partial charge in [0.05, 0.1) is 29.1 Å². The fourth-order valence-electron chi connectivity index (χ4n) is 4.74. The number of sulfonamides is 1. The van der Waals surface area contributed by atoms with E-state index in [0.29, 0.717) is 21.5 Å². The van der Waals surface area contributed by atoms with Gasteiger partial charge in [-0.2, -0.15) is 0 Å². The zero-order valence-electron chi connectivity index (χ0n) is 22.7. The topological polar surface area (TPSA) is 96.0 Å². The van der Waals surface area contributed by atoms with E-state index in [-0.39, 0.29) is 43.8 Å². The van der Waals surface area contributed by atoms with Gasteiger partial charge in [0.25, 0.3) is 0 Å². The van der Waals surface area contributed by atoms with E-state index < -0.39 is 16.1 Å². The summed E-state index contributed by atoms with van der Waals surface area (Å²) in [7, 11) is -2.05. The fourth-order valence-corrected chi connectivity index (χ4v) is 6.02. The van der Waals surface area contributed by atoms with Gasteiger partial charge in [-0.25, -0.2) is 8.42 Å². The molecule has 2 aromatic rings. The maximum atomic E-state index is 13.5. The van der Waals surface area contributed by atoms with E-state index in [9.17, 15) is 18.0 Å². The quantitative estimate of drug-likeness (QED) is 0.352. The van der Waals surface area contributed by atoms with Crippen molar-refractivity contribution < 1.29 is 22.7 Å². The molecule has 0 unspecified atom stereocenters. The van der Waals surface area contributed by atoms with Gasteiger partial charge in [-0.3, -0.25) is 13.9 Å². The van der Waals surface area contributed by atoms with Crippen LogP contribution < -0.4 is 14.4 Å². The molecule has 39 heavy (non-hydrogen) atoms. The highest BCUT2D eigenvalue weighted by Crippen LogP contribution is 2.25. The van der Waals surface area contributed by atoms with Gasteiger partial charge in [-0.05, 0) is 68.1 Å². The Hall–Kier alpha value is -2.49. The van der Waals surface area contributed by atoms with Crippen LogP contribution in [0.5, 0.6) is 5.75 Å². The number of ether oxygens (including phenoxy) is 1. The fraction of sp³-hybridized carbons (Fsp3) is 0.500. The Morgan fingerprint density at radius 3 is 2.31 bits per heavy atom. The molecule has 0 saturated heterocycles. The van der Waals surface area contributed by atoms with Crippen LogP contribution in [0, 0.1) is 0 Å². The first-order valence-electron chi connectivity index (χ1n) is 13.1. The van der Waals surface area contributed by atoms with Crippen LogP contribution in [-0.2, 0) is 26.2 Å². The number of amides is 2. The van der Waals surface area contributed by atoms with Gasteiger partial charge in [-0.15, -0.1) is 0 Å². The maximum absolute atomic E-state index is 13.5. The molecule has 0 bridgehead atoms. The second kappa shape index (κ2) is 14.2. The Morgan fingerprint density at radius 2 is 1.72 bits per heavy atom. The number of anilines is 1. The van der Waals surface area contributed by atoms with Crippen molar-refractivity contribution in [3.05, 3.63) is 58.1 Å². The Morgan fingerprint density at radius 1 is 1.05 bits per heavy atom. The molecule has 0 aliphatic heterocycles. The minimum absolute atomic E-state index is 0.0601. The van der Waals surface area contributed by atoms with E-state index in [4.69, 9.17) is 27.9 Å². The maximum Gasteiger partial charge on any atom is 0.242 e. The van der Waals surface area contributed by atoms with Gasteiger partial charge in [0.1, 0.15) is 11.8 Å². The van der Waals surface area contributed by atoms with E-state index in [1.165, 1.54) is 22.7 Å². The molecule has 1 aliphatic rings. The highest BCUT2D eigenvalue weighted by Gasteiger charge is 2.28. The molecule has 8 nitrogen and oxygen atoms in total.